The zero-order chi connectivity index (χ0) is 30.9. The van der Waals surface area contributed by atoms with E-state index in [4.69, 9.17) is 12.2 Å². The van der Waals surface area contributed by atoms with Gasteiger partial charge in [0.05, 0.1) is 46.1 Å². The zero-order valence-electron chi connectivity index (χ0n) is 24.5. The number of carbonyl (C=O) groups excluding carboxylic acids is 3. The first kappa shape index (κ1) is 36.6. The predicted molar refractivity (Wildman–Crippen MR) is 155 cm³/mol. The third-order valence-electron chi connectivity index (χ3n) is 8.07. The van der Waals surface area contributed by atoms with Crippen LogP contribution in [0.5, 0.6) is 0 Å². The molecule has 1 saturated carbocycles. The molecule has 1 unspecified atom stereocenters. The summed E-state index contributed by atoms with van der Waals surface area (Å²) in [6.07, 6.45) is 1.94. The molecule has 45 heavy (non-hydrogen) atoms. The quantitative estimate of drug-likeness (QED) is 0.153. The van der Waals surface area contributed by atoms with E-state index in [-0.39, 0.29) is 112 Å². The van der Waals surface area contributed by atoms with Gasteiger partial charge in [0.2, 0.25) is 5.91 Å². The molecule has 0 radical (unpaired) electrons. The molecule has 6 rings (SSSR count). The molecule has 4 heterocycles. The van der Waals surface area contributed by atoms with Crippen molar-refractivity contribution in [2.75, 3.05) is 23.7 Å². The number of halogens is 2. The number of amides is 1. The second-order valence-corrected chi connectivity index (χ2v) is 13.8. The monoisotopic (exact) mass is 696 g/mol. The number of aliphatic hydroxyl groups excluding tert-OH is 1. The van der Waals surface area contributed by atoms with Gasteiger partial charge < -0.3 is 39.7 Å². The summed E-state index contributed by atoms with van der Waals surface area (Å²) in [6.45, 7) is 1.92. The Hall–Kier alpha value is -1.21. The van der Waals surface area contributed by atoms with Crippen LogP contribution in [0.4, 0.5) is 14.5 Å². The number of aliphatic hydroxyl groups is 1. The van der Waals surface area contributed by atoms with Crippen LogP contribution in [0, 0.1) is 17.6 Å². The van der Waals surface area contributed by atoms with Crippen LogP contribution < -0.4 is 85.0 Å². The number of β-lactam (4-membered cyclic amide) rings is 1. The maximum Gasteiger partial charge on any atom is 1.00 e. The van der Waals surface area contributed by atoms with E-state index in [1.165, 1.54) is 28.2 Å². The van der Waals surface area contributed by atoms with Gasteiger partial charge in [0.25, 0.3) is 0 Å². The largest absolute Gasteiger partial charge is 1.00 e. The molecule has 2 N–H and O–H groups in total. The fourth-order valence-corrected chi connectivity index (χ4v) is 8.70. The van der Waals surface area contributed by atoms with Crippen molar-refractivity contribution in [2.24, 2.45) is 5.92 Å². The second-order valence-electron chi connectivity index (χ2n) is 10.9. The summed E-state index contributed by atoms with van der Waals surface area (Å²) in [5.41, 5.74) is -2.35. The van der Waals surface area contributed by atoms with Crippen LogP contribution in [0.25, 0.3) is 10.9 Å². The van der Waals surface area contributed by atoms with Crippen LogP contribution in [0.15, 0.2) is 27.7 Å². The van der Waals surface area contributed by atoms with Gasteiger partial charge in [-0.3, -0.25) is 14.5 Å². The van der Waals surface area contributed by atoms with E-state index in [1.54, 1.807) is 0 Å². The standard InChI is InChI=1S/C27H26F2N4O7S3.2Na/c1-10(34)17-23(36)33-21(26(39)40)16(43-24(17)33)9-42-27(41)30-11-4-5-31(7-11)20-15(28)6-13-19(18(20)29)32(12-2-3-12)8-14(22(13)35)25(37)38;;/h6,8,10-12,17,24,34H,2-5,7,9H2,1H3,(H,30,41)(H,37,38)(H,39,40);;/q;2*+1/p-2/t10-,11?,17-,24-;;/m0../s1. The average molecular weight is 697 g/mol. The van der Waals surface area contributed by atoms with E-state index in [0.29, 0.717) is 28.5 Å². The molecule has 1 aliphatic carbocycles. The Labute approximate surface area is 313 Å². The van der Waals surface area contributed by atoms with Gasteiger partial charge in [0.1, 0.15) is 21.2 Å². The maximum absolute atomic E-state index is 15.9. The topological polar surface area (TPSA) is 158 Å². The molecule has 0 spiro atoms. The third kappa shape index (κ3) is 6.61. The number of aliphatic carboxylic acids is 1. The molecular weight excluding hydrogens is 672 g/mol. The van der Waals surface area contributed by atoms with Gasteiger partial charge in [-0.25, -0.2) is 8.78 Å². The van der Waals surface area contributed by atoms with E-state index in [9.17, 15) is 34.5 Å². The zero-order valence-corrected chi connectivity index (χ0v) is 31.0. The Morgan fingerprint density at radius 3 is 2.49 bits per heavy atom. The van der Waals surface area contributed by atoms with Gasteiger partial charge in [-0.1, -0.05) is 24.0 Å². The molecule has 1 aromatic carbocycles. The number of nitrogens with zero attached hydrogens (tertiary/aromatic N) is 3. The number of thioether (sulfide) groups is 2. The minimum absolute atomic E-state index is 0. The van der Waals surface area contributed by atoms with Crippen LogP contribution in [-0.4, -0.2) is 73.1 Å². The van der Waals surface area contributed by atoms with Crippen LogP contribution in [-0.2, 0) is 9.59 Å². The third-order valence-corrected chi connectivity index (χ3v) is 10.9. The van der Waals surface area contributed by atoms with Gasteiger partial charge in [-0.2, -0.15) is 0 Å². The number of pyridine rings is 1. The molecule has 2 aromatic rings. The molecule has 1 amide bonds. The van der Waals surface area contributed by atoms with Crippen LogP contribution in [0.1, 0.15) is 42.6 Å². The number of benzene rings is 1. The number of hydrogen-bond donors (Lipinski definition) is 2. The SMILES string of the molecule is C[C@H](O)[C@H]1C(=O)N2C(C(=O)[O-])=C(CSC(=S)NC3CCN(c4c(F)cc5c(=O)c(C(=O)[O-])cn(C6CC6)c5c4F)C3)S[C@@H]12.[Na+].[Na+]. The van der Waals surface area contributed by atoms with Gasteiger partial charge in [0.15, 0.2) is 11.2 Å². The number of anilines is 1. The molecule has 18 heteroatoms. The fourth-order valence-electron chi connectivity index (χ4n) is 5.87. The Balaban J connectivity index is 0.00000230. The number of carboxylic acid groups (broad SMARTS) is 2. The van der Waals surface area contributed by atoms with Crippen molar-refractivity contribution in [3.8, 4) is 0 Å². The van der Waals surface area contributed by atoms with Crippen LogP contribution in [0.3, 0.4) is 0 Å². The van der Waals surface area contributed by atoms with Crippen molar-refractivity contribution < 1.29 is 97.6 Å². The summed E-state index contributed by atoms with van der Waals surface area (Å²) >= 11 is 7.76. The Kier molecular flexibility index (Phi) is 11.5. The van der Waals surface area contributed by atoms with Crippen molar-refractivity contribution in [1.82, 2.24) is 14.8 Å². The summed E-state index contributed by atoms with van der Waals surface area (Å²) in [5.74, 6) is -6.18. The Morgan fingerprint density at radius 1 is 1.20 bits per heavy atom. The van der Waals surface area contributed by atoms with Crippen molar-refractivity contribution in [1.29, 1.82) is 0 Å². The van der Waals surface area contributed by atoms with Crippen molar-refractivity contribution in [3.05, 3.63) is 50.3 Å². The number of nitrogens with one attached hydrogen (secondary N) is 1. The minimum atomic E-state index is -1.71. The van der Waals surface area contributed by atoms with Crippen molar-refractivity contribution in [3.63, 3.8) is 0 Å². The molecule has 11 nitrogen and oxygen atoms in total. The number of fused-ring (bicyclic) bond motifs is 2. The van der Waals surface area contributed by atoms with E-state index in [2.05, 4.69) is 5.32 Å². The number of hydrogen-bond acceptors (Lipinski definition) is 11. The molecular formula is C27H24F2N4Na2O7S3. The summed E-state index contributed by atoms with van der Waals surface area (Å²) in [5, 5.41) is 35.4. The Morgan fingerprint density at radius 2 is 1.89 bits per heavy atom. The maximum atomic E-state index is 15.9. The van der Waals surface area contributed by atoms with Crippen LogP contribution in [0.2, 0.25) is 0 Å². The van der Waals surface area contributed by atoms with E-state index in [0.717, 1.165) is 28.9 Å². The first-order valence-corrected chi connectivity index (χ1v) is 15.7. The van der Waals surface area contributed by atoms with Gasteiger partial charge in [0, 0.05) is 42.0 Å². The summed E-state index contributed by atoms with van der Waals surface area (Å²) < 4.78 is 33.0. The van der Waals surface area contributed by atoms with Gasteiger partial charge in [-0.05, 0) is 32.3 Å². The number of aromatic carboxylic acids is 1. The van der Waals surface area contributed by atoms with Gasteiger partial charge >= 0.3 is 59.1 Å². The van der Waals surface area contributed by atoms with Crippen molar-refractivity contribution in [2.45, 2.75) is 49.7 Å². The first-order chi connectivity index (χ1) is 20.4. The molecule has 1 aromatic heterocycles. The second kappa shape index (κ2) is 14.1. The average Bonchev–Trinajstić information content (AvgIpc) is 3.59. The molecule has 3 fully saturated rings. The van der Waals surface area contributed by atoms with E-state index >= 15 is 8.78 Å². The summed E-state index contributed by atoms with van der Waals surface area (Å²) in [7, 11) is 0. The number of carboxylic acids is 2. The smallest absolute Gasteiger partial charge is 0.545 e. The molecule has 2 saturated heterocycles. The normalized spacial score (nSPS) is 22.8. The Bertz CT molecular complexity index is 1700. The first-order valence-electron chi connectivity index (χ1n) is 13.5. The molecule has 0 bridgehead atoms. The van der Waals surface area contributed by atoms with Gasteiger partial charge in [-0.15, -0.1) is 11.8 Å². The number of thiocarbonyl (C=S) groups is 1. The molecule has 4 atom stereocenters. The predicted octanol–water partition coefficient (Wildman–Crippen LogP) is -5.95. The minimum Gasteiger partial charge on any atom is -0.545 e. The van der Waals surface area contributed by atoms with E-state index < -0.39 is 57.9 Å². The number of aromatic nitrogens is 1. The van der Waals surface area contributed by atoms with Crippen LogP contribution >= 0.6 is 35.7 Å². The van der Waals surface area contributed by atoms with E-state index in [1.807, 2.05) is 0 Å². The number of rotatable bonds is 8. The molecule has 3 aliphatic heterocycles. The molecule has 228 valence electrons. The summed E-state index contributed by atoms with van der Waals surface area (Å²) in [4.78, 5) is 51.4. The fraction of sp³-hybridized carbons (Fsp3) is 0.444. The van der Waals surface area contributed by atoms with Crippen molar-refractivity contribution >= 4 is 74.5 Å². The number of carbonyl (C=O) groups is 3. The molecule has 4 aliphatic rings. The summed E-state index contributed by atoms with van der Waals surface area (Å²) in [6, 6.07) is 0.373.